The number of nitro groups is 1. The number of rotatable bonds is 3. The van der Waals surface area contributed by atoms with Crippen LogP contribution in [0.3, 0.4) is 0 Å². The average molecular weight is 289 g/mol. The van der Waals surface area contributed by atoms with Gasteiger partial charge in [-0.25, -0.2) is 9.78 Å². The van der Waals surface area contributed by atoms with E-state index in [-0.39, 0.29) is 6.54 Å². The molecule has 1 N–H and O–H groups in total. The molecule has 18 heavy (non-hydrogen) atoms. The van der Waals surface area contributed by atoms with Crippen molar-refractivity contribution < 1.29 is 4.92 Å². The third kappa shape index (κ3) is 2.46. The molecule has 0 saturated heterocycles. The van der Waals surface area contributed by atoms with Crippen LogP contribution in [0.4, 0.5) is 5.69 Å². The van der Waals surface area contributed by atoms with E-state index in [4.69, 9.17) is 11.6 Å². The smallest absolute Gasteiger partial charge is 0.288 e. The molecule has 94 valence electrons. The van der Waals surface area contributed by atoms with E-state index in [1.807, 2.05) is 4.98 Å². The molecule has 0 fully saturated rings. The number of thiazole rings is 1. The van der Waals surface area contributed by atoms with E-state index in [1.54, 1.807) is 0 Å². The molecule has 0 saturated carbocycles. The third-order valence-electron chi connectivity index (χ3n) is 2.04. The van der Waals surface area contributed by atoms with Crippen LogP contribution >= 0.6 is 22.9 Å². The third-order valence-corrected chi connectivity index (χ3v) is 3.14. The van der Waals surface area contributed by atoms with Gasteiger partial charge in [-0.15, -0.1) is 11.3 Å². The molecule has 0 spiro atoms. The molecule has 0 aliphatic carbocycles. The van der Waals surface area contributed by atoms with E-state index < -0.39 is 21.9 Å². The fraction of sp³-hybridized carbons (Fsp3) is 0.125. The van der Waals surface area contributed by atoms with Crippen molar-refractivity contribution in [3.63, 3.8) is 0 Å². The van der Waals surface area contributed by atoms with E-state index in [0.29, 0.717) is 9.34 Å². The standard InChI is InChI=1S/C8H5ClN4O4S/c9-7-10-1-4(18-7)2-12-3-5(13(16)17)6(14)11-8(12)15/h1,3H,2H2,(H,11,14,15). The number of H-pyrrole nitrogens is 1. The Morgan fingerprint density at radius 3 is 2.83 bits per heavy atom. The van der Waals surface area contributed by atoms with E-state index in [2.05, 4.69) is 4.98 Å². The first kappa shape index (κ1) is 12.5. The molecule has 0 aromatic carbocycles. The summed E-state index contributed by atoms with van der Waals surface area (Å²) < 4.78 is 1.32. The van der Waals surface area contributed by atoms with Gasteiger partial charge in [0.1, 0.15) is 0 Å². The Kier molecular flexibility index (Phi) is 3.26. The largest absolute Gasteiger partial charge is 0.350 e. The predicted molar refractivity (Wildman–Crippen MR) is 64.2 cm³/mol. The van der Waals surface area contributed by atoms with E-state index in [0.717, 1.165) is 22.1 Å². The topological polar surface area (TPSA) is 111 Å². The Bertz CT molecular complexity index is 718. The lowest BCUT2D eigenvalue weighted by Gasteiger charge is -2.01. The fourth-order valence-corrected chi connectivity index (χ4v) is 2.25. The Morgan fingerprint density at radius 1 is 1.56 bits per heavy atom. The minimum absolute atomic E-state index is 0.0564. The van der Waals surface area contributed by atoms with Crippen LogP contribution in [0.5, 0.6) is 0 Å². The molecular formula is C8H5ClN4O4S. The van der Waals surface area contributed by atoms with Crippen LogP contribution in [0.15, 0.2) is 22.0 Å². The second-order valence-electron chi connectivity index (χ2n) is 3.24. The summed E-state index contributed by atoms with van der Waals surface area (Å²) in [6.45, 7) is 0.0564. The highest BCUT2D eigenvalue weighted by Gasteiger charge is 2.15. The van der Waals surface area contributed by atoms with Crippen LogP contribution in [0.1, 0.15) is 4.88 Å². The minimum Gasteiger partial charge on any atom is -0.288 e. The van der Waals surface area contributed by atoms with E-state index in [9.17, 15) is 19.7 Å². The molecule has 0 radical (unpaired) electrons. The van der Waals surface area contributed by atoms with Crippen molar-refractivity contribution in [1.29, 1.82) is 0 Å². The van der Waals surface area contributed by atoms with Crippen LogP contribution < -0.4 is 11.2 Å². The Balaban J connectivity index is 2.45. The van der Waals surface area contributed by atoms with Gasteiger partial charge in [0.05, 0.1) is 17.7 Å². The molecule has 0 amide bonds. The summed E-state index contributed by atoms with van der Waals surface area (Å²) in [6, 6.07) is 0. The Morgan fingerprint density at radius 2 is 2.28 bits per heavy atom. The van der Waals surface area contributed by atoms with Gasteiger partial charge in [-0.2, -0.15) is 0 Å². The molecule has 2 aromatic heterocycles. The number of halogens is 1. The van der Waals surface area contributed by atoms with Crippen LogP contribution in [0.25, 0.3) is 0 Å². The van der Waals surface area contributed by atoms with Gasteiger partial charge in [0, 0.05) is 11.1 Å². The summed E-state index contributed by atoms with van der Waals surface area (Å²) in [7, 11) is 0. The van der Waals surface area contributed by atoms with Crippen LogP contribution in [0, 0.1) is 10.1 Å². The maximum absolute atomic E-state index is 11.5. The highest BCUT2D eigenvalue weighted by atomic mass is 35.5. The quantitative estimate of drug-likeness (QED) is 0.657. The number of nitrogens with zero attached hydrogens (tertiary/aromatic N) is 3. The van der Waals surface area contributed by atoms with Gasteiger partial charge in [-0.1, -0.05) is 11.6 Å². The van der Waals surface area contributed by atoms with Crippen molar-refractivity contribution in [3.8, 4) is 0 Å². The predicted octanol–water partition coefficient (Wildman–Crippen LogP) is 0.603. The van der Waals surface area contributed by atoms with Gasteiger partial charge in [-0.3, -0.25) is 24.5 Å². The van der Waals surface area contributed by atoms with E-state index in [1.165, 1.54) is 6.20 Å². The molecule has 0 aliphatic heterocycles. The van der Waals surface area contributed by atoms with Crippen molar-refractivity contribution in [2.45, 2.75) is 6.54 Å². The van der Waals surface area contributed by atoms with Crippen LogP contribution in [-0.4, -0.2) is 19.5 Å². The zero-order chi connectivity index (χ0) is 13.3. The molecule has 0 unspecified atom stereocenters. The van der Waals surface area contributed by atoms with Gasteiger partial charge in [-0.05, 0) is 0 Å². The molecule has 0 atom stereocenters. The molecular weight excluding hydrogens is 284 g/mol. The molecule has 2 heterocycles. The maximum Gasteiger partial charge on any atom is 0.350 e. The summed E-state index contributed by atoms with van der Waals surface area (Å²) in [5.41, 5.74) is -2.44. The van der Waals surface area contributed by atoms with Crippen molar-refractivity contribution in [2.24, 2.45) is 0 Å². The van der Waals surface area contributed by atoms with Gasteiger partial charge in [0.25, 0.3) is 0 Å². The highest BCUT2D eigenvalue weighted by Crippen LogP contribution is 2.18. The number of hydrogen-bond donors (Lipinski definition) is 1. The summed E-state index contributed by atoms with van der Waals surface area (Å²) in [5.74, 6) is 0. The Labute approximate surface area is 108 Å². The number of hydrogen-bond acceptors (Lipinski definition) is 6. The normalized spacial score (nSPS) is 10.5. The Hall–Kier alpha value is -2.00. The summed E-state index contributed by atoms with van der Waals surface area (Å²) in [4.78, 5) is 38.6. The SMILES string of the molecule is O=c1[nH]c(=O)n(Cc2cnc(Cl)s2)cc1[N+](=O)[O-]. The first-order valence-electron chi connectivity index (χ1n) is 4.55. The first-order valence-corrected chi connectivity index (χ1v) is 5.75. The second-order valence-corrected chi connectivity index (χ2v) is 4.94. The zero-order valence-electron chi connectivity index (χ0n) is 8.62. The van der Waals surface area contributed by atoms with Crippen molar-refractivity contribution in [2.75, 3.05) is 0 Å². The number of nitrogens with one attached hydrogen (secondary N) is 1. The van der Waals surface area contributed by atoms with Crippen LogP contribution in [0.2, 0.25) is 4.47 Å². The first-order chi connectivity index (χ1) is 8.47. The van der Waals surface area contributed by atoms with Gasteiger partial charge >= 0.3 is 16.9 Å². The second kappa shape index (κ2) is 4.70. The maximum atomic E-state index is 11.5. The van der Waals surface area contributed by atoms with Crippen molar-refractivity contribution in [3.05, 3.63) is 52.7 Å². The molecule has 10 heteroatoms. The summed E-state index contributed by atoms with van der Waals surface area (Å²) in [5, 5.41) is 10.6. The minimum atomic E-state index is -1.02. The zero-order valence-corrected chi connectivity index (χ0v) is 10.2. The highest BCUT2D eigenvalue weighted by molar-refractivity contribution is 7.15. The van der Waals surface area contributed by atoms with Crippen molar-refractivity contribution in [1.82, 2.24) is 14.5 Å². The number of aromatic nitrogens is 3. The molecule has 8 nitrogen and oxygen atoms in total. The fourth-order valence-electron chi connectivity index (χ4n) is 1.27. The van der Waals surface area contributed by atoms with E-state index >= 15 is 0 Å². The van der Waals surface area contributed by atoms with Gasteiger partial charge < -0.3 is 0 Å². The summed E-state index contributed by atoms with van der Waals surface area (Å²) >= 11 is 6.77. The lowest BCUT2D eigenvalue weighted by atomic mass is 10.5. The molecule has 2 rings (SSSR count). The van der Waals surface area contributed by atoms with Crippen LogP contribution in [-0.2, 0) is 6.54 Å². The van der Waals surface area contributed by atoms with Crippen molar-refractivity contribution >= 4 is 28.6 Å². The lowest BCUT2D eigenvalue weighted by molar-refractivity contribution is -0.386. The van der Waals surface area contributed by atoms with Gasteiger partial charge in [0.2, 0.25) is 0 Å². The molecule has 0 aliphatic rings. The monoisotopic (exact) mass is 288 g/mol. The lowest BCUT2D eigenvalue weighted by Crippen LogP contribution is -2.30. The molecule has 2 aromatic rings. The average Bonchev–Trinajstić information content (AvgIpc) is 2.67. The summed E-state index contributed by atoms with van der Waals surface area (Å²) in [6.07, 6.45) is 2.35. The number of aromatic amines is 1. The molecule has 0 bridgehead atoms. The van der Waals surface area contributed by atoms with Gasteiger partial charge in [0.15, 0.2) is 4.47 Å².